The maximum absolute atomic E-state index is 13.3. The van der Waals surface area contributed by atoms with Crippen LogP contribution in [0.5, 0.6) is 0 Å². The fraction of sp³-hybridized carbons (Fsp3) is 0.480. The molecule has 6 heteroatoms. The Kier molecular flexibility index (Phi) is 5.42. The van der Waals surface area contributed by atoms with Gasteiger partial charge in [0.1, 0.15) is 16.5 Å². The van der Waals surface area contributed by atoms with Crippen molar-refractivity contribution < 1.29 is 4.79 Å². The number of carbonyl (C=O) groups is 1. The molecule has 162 valence electrons. The predicted molar refractivity (Wildman–Crippen MR) is 127 cm³/mol. The lowest BCUT2D eigenvalue weighted by Crippen LogP contribution is -2.50. The molecule has 1 aromatic carbocycles. The number of fused-ring (bicyclic) bond motifs is 1. The third-order valence-electron chi connectivity index (χ3n) is 6.77. The van der Waals surface area contributed by atoms with Gasteiger partial charge in [0.05, 0.1) is 11.3 Å². The lowest BCUT2D eigenvalue weighted by Gasteiger charge is -2.37. The first kappa shape index (κ1) is 20.4. The molecule has 2 aromatic heterocycles. The summed E-state index contributed by atoms with van der Waals surface area (Å²) in [5.41, 5.74) is 2.42. The predicted octanol–water partition coefficient (Wildman–Crippen LogP) is 5.03. The van der Waals surface area contributed by atoms with Gasteiger partial charge in [-0.3, -0.25) is 4.79 Å². The second-order valence-electron chi connectivity index (χ2n) is 8.83. The third-order valence-corrected chi connectivity index (χ3v) is 7.87. The Morgan fingerprint density at radius 3 is 2.45 bits per heavy atom. The Labute approximate surface area is 188 Å². The molecule has 1 unspecified atom stereocenters. The molecule has 1 amide bonds. The van der Waals surface area contributed by atoms with Gasteiger partial charge >= 0.3 is 0 Å². The number of piperazine rings is 1. The van der Waals surface area contributed by atoms with Crippen molar-refractivity contribution >= 4 is 33.3 Å². The average Bonchev–Trinajstić information content (AvgIpc) is 3.61. The van der Waals surface area contributed by atoms with E-state index in [-0.39, 0.29) is 11.8 Å². The molecular formula is C25H30N4OS. The van der Waals surface area contributed by atoms with Crippen LogP contribution in [-0.2, 0) is 4.79 Å². The summed E-state index contributed by atoms with van der Waals surface area (Å²) in [6.45, 7) is 9.59. The molecule has 1 saturated heterocycles. The molecule has 1 saturated carbocycles. The molecule has 1 aliphatic carbocycles. The molecular weight excluding hydrogens is 404 g/mol. The zero-order valence-corrected chi connectivity index (χ0v) is 19.4. The molecule has 3 heterocycles. The number of rotatable bonds is 5. The first-order valence-electron chi connectivity index (χ1n) is 11.4. The largest absolute Gasteiger partial charge is 0.352 e. The summed E-state index contributed by atoms with van der Waals surface area (Å²) in [5, 5.41) is 1.21. The Hall–Kier alpha value is -2.47. The van der Waals surface area contributed by atoms with Crippen LogP contribution in [0.2, 0.25) is 0 Å². The number of amides is 1. The van der Waals surface area contributed by atoms with E-state index in [1.54, 1.807) is 11.3 Å². The van der Waals surface area contributed by atoms with E-state index >= 15 is 0 Å². The number of aromatic nitrogens is 2. The van der Waals surface area contributed by atoms with Crippen molar-refractivity contribution in [3.63, 3.8) is 0 Å². The van der Waals surface area contributed by atoms with E-state index in [2.05, 4.69) is 37.8 Å². The van der Waals surface area contributed by atoms with Crippen molar-refractivity contribution in [3.05, 3.63) is 52.2 Å². The Balaban J connectivity index is 1.37. The van der Waals surface area contributed by atoms with E-state index in [0.717, 1.165) is 54.6 Å². The van der Waals surface area contributed by atoms with Crippen LogP contribution in [-0.4, -0.2) is 47.0 Å². The maximum Gasteiger partial charge on any atom is 0.230 e. The second kappa shape index (κ2) is 8.23. The summed E-state index contributed by atoms with van der Waals surface area (Å²) in [6, 6.07) is 10.2. The molecule has 2 aliphatic rings. The molecule has 5 rings (SSSR count). The van der Waals surface area contributed by atoms with E-state index in [1.807, 2.05) is 23.1 Å². The minimum atomic E-state index is -0.0539. The summed E-state index contributed by atoms with van der Waals surface area (Å²) >= 11 is 1.78. The van der Waals surface area contributed by atoms with E-state index < -0.39 is 0 Å². The number of carbonyl (C=O) groups excluding carboxylic acids is 1. The normalized spacial score (nSPS) is 17.9. The number of thiophene rings is 1. The maximum atomic E-state index is 13.3. The molecule has 3 aromatic rings. The highest BCUT2D eigenvalue weighted by atomic mass is 32.1. The van der Waals surface area contributed by atoms with Crippen molar-refractivity contribution in [3.8, 4) is 0 Å². The highest BCUT2D eigenvalue weighted by Crippen LogP contribution is 2.42. The summed E-state index contributed by atoms with van der Waals surface area (Å²) in [6.07, 6.45) is 3.23. The van der Waals surface area contributed by atoms with Gasteiger partial charge in [0.2, 0.25) is 5.91 Å². The van der Waals surface area contributed by atoms with E-state index in [1.165, 1.54) is 28.7 Å². The number of hydrogen-bond donors (Lipinski definition) is 0. The monoisotopic (exact) mass is 434 g/mol. The van der Waals surface area contributed by atoms with Crippen LogP contribution in [0.1, 0.15) is 59.9 Å². The molecule has 5 nitrogen and oxygen atoms in total. The standard InChI is InChI=1S/C25H30N4OS/c1-4-20(18-8-6-5-7-9-18)25(30)29-14-12-28(13-15-29)23-21-16(2)17(3)31-24(21)27-22(26-23)19-10-11-19/h5-9,19-20H,4,10-15H2,1-3H3. The van der Waals surface area contributed by atoms with E-state index in [9.17, 15) is 4.79 Å². The van der Waals surface area contributed by atoms with Crippen LogP contribution in [0, 0.1) is 13.8 Å². The lowest BCUT2D eigenvalue weighted by atomic mass is 9.95. The average molecular weight is 435 g/mol. The molecule has 0 N–H and O–H groups in total. The molecule has 2 fully saturated rings. The quantitative estimate of drug-likeness (QED) is 0.565. The molecule has 1 atom stereocenters. The van der Waals surface area contributed by atoms with Gasteiger partial charge < -0.3 is 9.80 Å². The topological polar surface area (TPSA) is 49.3 Å². The zero-order valence-electron chi connectivity index (χ0n) is 18.6. The van der Waals surface area contributed by atoms with Crippen molar-refractivity contribution in [2.45, 2.75) is 51.9 Å². The first-order valence-corrected chi connectivity index (χ1v) is 12.2. The fourth-order valence-corrected chi connectivity index (χ4v) is 5.63. The summed E-state index contributed by atoms with van der Waals surface area (Å²) in [5.74, 6) is 2.82. The SMILES string of the molecule is CCC(C(=O)N1CCN(c2nc(C3CC3)nc3sc(C)c(C)c23)CC1)c1ccccc1. The first-order chi connectivity index (χ1) is 15.1. The van der Waals surface area contributed by atoms with Crippen molar-refractivity contribution in [1.82, 2.24) is 14.9 Å². The number of nitrogens with zero attached hydrogens (tertiary/aromatic N) is 4. The van der Waals surface area contributed by atoms with Gasteiger partial charge in [0.15, 0.2) is 0 Å². The van der Waals surface area contributed by atoms with Crippen LogP contribution in [0.15, 0.2) is 30.3 Å². The number of benzene rings is 1. The third kappa shape index (κ3) is 3.82. The lowest BCUT2D eigenvalue weighted by molar-refractivity contribution is -0.133. The second-order valence-corrected chi connectivity index (χ2v) is 10.0. The van der Waals surface area contributed by atoms with E-state index in [4.69, 9.17) is 9.97 Å². The summed E-state index contributed by atoms with van der Waals surface area (Å²) in [4.78, 5) is 30.1. The highest BCUT2D eigenvalue weighted by molar-refractivity contribution is 7.18. The number of aryl methyl sites for hydroxylation is 2. The zero-order chi connectivity index (χ0) is 21.5. The highest BCUT2D eigenvalue weighted by Gasteiger charge is 2.32. The summed E-state index contributed by atoms with van der Waals surface area (Å²) < 4.78 is 0. The van der Waals surface area contributed by atoms with Crippen LogP contribution < -0.4 is 4.90 Å². The molecule has 1 aliphatic heterocycles. The fourth-order valence-electron chi connectivity index (χ4n) is 4.59. The van der Waals surface area contributed by atoms with E-state index in [0.29, 0.717) is 5.92 Å². The van der Waals surface area contributed by atoms with Crippen molar-refractivity contribution in [2.75, 3.05) is 31.1 Å². The molecule has 0 spiro atoms. The van der Waals surface area contributed by atoms with Crippen LogP contribution in [0.25, 0.3) is 10.2 Å². The van der Waals surface area contributed by atoms with Gasteiger partial charge in [0, 0.05) is 37.0 Å². The van der Waals surface area contributed by atoms with Gasteiger partial charge in [0.25, 0.3) is 0 Å². The van der Waals surface area contributed by atoms with Gasteiger partial charge in [-0.25, -0.2) is 9.97 Å². The number of anilines is 1. The van der Waals surface area contributed by atoms with Crippen molar-refractivity contribution in [1.29, 1.82) is 0 Å². The Morgan fingerprint density at radius 2 is 1.81 bits per heavy atom. The smallest absolute Gasteiger partial charge is 0.230 e. The van der Waals surface area contributed by atoms with Gasteiger partial charge in [-0.1, -0.05) is 37.3 Å². The van der Waals surface area contributed by atoms with Crippen LogP contribution >= 0.6 is 11.3 Å². The van der Waals surface area contributed by atoms with Crippen molar-refractivity contribution in [2.24, 2.45) is 0 Å². The van der Waals surface area contributed by atoms with Gasteiger partial charge in [-0.2, -0.15) is 0 Å². The van der Waals surface area contributed by atoms with Crippen LogP contribution in [0.3, 0.4) is 0 Å². The Morgan fingerprint density at radius 1 is 1.10 bits per heavy atom. The minimum absolute atomic E-state index is 0.0539. The molecule has 31 heavy (non-hydrogen) atoms. The van der Waals surface area contributed by atoms with Gasteiger partial charge in [-0.05, 0) is 44.2 Å². The van der Waals surface area contributed by atoms with Crippen LogP contribution in [0.4, 0.5) is 5.82 Å². The molecule has 0 radical (unpaired) electrons. The minimum Gasteiger partial charge on any atom is -0.352 e. The summed E-state index contributed by atoms with van der Waals surface area (Å²) in [7, 11) is 0. The number of hydrogen-bond acceptors (Lipinski definition) is 5. The molecule has 0 bridgehead atoms. The van der Waals surface area contributed by atoms with Gasteiger partial charge in [-0.15, -0.1) is 11.3 Å². The Bertz CT molecular complexity index is 1100.